The van der Waals surface area contributed by atoms with E-state index in [1.165, 1.54) is 0 Å². The minimum atomic E-state index is -0.287. The first-order chi connectivity index (χ1) is 5.61. The first-order valence-corrected chi connectivity index (χ1v) is 4.28. The summed E-state index contributed by atoms with van der Waals surface area (Å²) in [5.41, 5.74) is 0. The first-order valence-electron chi connectivity index (χ1n) is 3.87. The van der Waals surface area contributed by atoms with Crippen LogP contribution in [0.4, 0.5) is 0 Å². The van der Waals surface area contributed by atoms with Gasteiger partial charge < -0.3 is 16.0 Å². The van der Waals surface area contributed by atoms with E-state index < -0.39 is 0 Å². The predicted molar refractivity (Wildman–Crippen MR) is 52.9 cm³/mol. The van der Waals surface area contributed by atoms with Crippen molar-refractivity contribution in [2.24, 2.45) is 0 Å². The molecule has 1 amide bonds. The molecule has 70 valence electrons. The highest BCUT2D eigenvalue weighted by Gasteiger charge is 2.10. The van der Waals surface area contributed by atoms with E-state index in [2.05, 4.69) is 16.0 Å². The normalized spacial score (nSPS) is 11.6. The van der Waals surface area contributed by atoms with Crippen LogP contribution >= 0.6 is 12.2 Å². The van der Waals surface area contributed by atoms with E-state index in [4.69, 9.17) is 12.2 Å². The Hall–Kier alpha value is -0.840. The Balaban J connectivity index is 3.78. The highest BCUT2D eigenvalue weighted by molar-refractivity contribution is 7.80. The van der Waals surface area contributed by atoms with Crippen molar-refractivity contribution in [2.75, 3.05) is 13.6 Å². The Kier molecular flexibility index (Phi) is 5.36. The fraction of sp³-hybridized carbons (Fsp3) is 0.714. The van der Waals surface area contributed by atoms with Gasteiger partial charge in [-0.1, -0.05) is 0 Å². The van der Waals surface area contributed by atoms with E-state index in [9.17, 15) is 4.79 Å². The van der Waals surface area contributed by atoms with Gasteiger partial charge in [-0.25, -0.2) is 0 Å². The molecule has 0 aliphatic rings. The lowest BCUT2D eigenvalue weighted by Crippen LogP contribution is -2.47. The molecule has 0 saturated heterocycles. The van der Waals surface area contributed by atoms with Crippen LogP contribution in [-0.2, 0) is 4.79 Å². The zero-order valence-electron chi connectivity index (χ0n) is 7.60. The summed E-state index contributed by atoms with van der Waals surface area (Å²) in [6.45, 7) is 4.27. The summed E-state index contributed by atoms with van der Waals surface area (Å²) in [6, 6.07) is -0.287. The lowest BCUT2D eigenvalue weighted by atomic mass is 10.3. The molecule has 12 heavy (non-hydrogen) atoms. The summed E-state index contributed by atoms with van der Waals surface area (Å²) in [7, 11) is 1.71. The molecule has 3 N–H and O–H groups in total. The number of likely N-dealkylation sites (N-methyl/N-ethyl adjacent to an activating group) is 1. The summed E-state index contributed by atoms with van der Waals surface area (Å²) in [5, 5.41) is 8.72. The molecule has 0 heterocycles. The second-order valence-corrected chi connectivity index (χ2v) is 2.75. The van der Waals surface area contributed by atoms with Crippen LogP contribution < -0.4 is 16.0 Å². The molecule has 0 fully saturated rings. The smallest absolute Gasteiger partial charge is 0.242 e. The third kappa shape index (κ3) is 4.12. The molecule has 0 aromatic rings. The van der Waals surface area contributed by atoms with Crippen molar-refractivity contribution in [3.05, 3.63) is 0 Å². The molecule has 0 aliphatic carbocycles. The van der Waals surface area contributed by atoms with Gasteiger partial charge >= 0.3 is 0 Å². The van der Waals surface area contributed by atoms with Crippen LogP contribution in [0, 0.1) is 0 Å². The molecule has 1 atom stereocenters. The summed E-state index contributed by atoms with van der Waals surface area (Å²) in [6.07, 6.45) is 0. The van der Waals surface area contributed by atoms with Crippen LogP contribution in [0.5, 0.6) is 0 Å². The molecule has 0 aliphatic heterocycles. The third-order valence-electron chi connectivity index (χ3n) is 1.32. The Morgan fingerprint density at radius 3 is 2.58 bits per heavy atom. The van der Waals surface area contributed by atoms with Crippen molar-refractivity contribution in [2.45, 2.75) is 19.9 Å². The van der Waals surface area contributed by atoms with Crippen LogP contribution in [0.25, 0.3) is 0 Å². The maximum absolute atomic E-state index is 11.1. The average molecular weight is 189 g/mol. The van der Waals surface area contributed by atoms with E-state index in [-0.39, 0.29) is 11.9 Å². The second kappa shape index (κ2) is 5.77. The molecule has 4 nitrogen and oxygen atoms in total. The maximum Gasteiger partial charge on any atom is 0.242 e. The summed E-state index contributed by atoms with van der Waals surface area (Å²) < 4.78 is 0. The zero-order chi connectivity index (χ0) is 9.56. The molecule has 0 aromatic heterocycles. The van der Waals surface area contributed by atoms with Gasteiger partial charge in [0.25, 0.3) is 0 Å². The first kappa shape index (κ1) is 11.2. The van der Waals surface area contributed by atoms with E-state index in [0.29, 0.717) is 11.7 Å². The molecule has 5 heteroatoms. The van der Waals surface area contributed by atoms with Crippen LogP contribution in [-0.4, -0.2) is 30.7 Å². The van der Waals surface area contributed by atoms with Crippen molar-refractivity contribution in [3.8, 4) is 0 Å². The predicted octanol–water partition coefficient (Wildman–Crippen LogP) is -0.395. The minimum absolute atomic E-state index is 0.0462. The molecule has 0 radical (unpaired) electrons. The average Bonchev–Trinajstić information content (AvgIpc) is 2.04. The van der Waals surface area contributed by atoms with E-state index in [0.717, 1.165) is 0 Å². The zero-order valence-corrected chi connectivity index (χ0v) is 8.42. The fourth-order valence-electron chi connectivity index (χ4n) is 0.662. The van der Waals surface area contributed by atoms with Crippen LogP contribution in [0.15, 0.2) is 0 Å². The minimum Gasteiger partial charge on any atom is -0.366 e. The standard InChI is InChI=1S/C7H15N3OS/c1-4-9-6(11)5(2)10-7(12)8-3/h5H,4H2,1-3H3,(H,9,11)(H2,8,10,12). The molecular formula is C7H15N3OS. The molecule has 0 rings (SSSR count). The van der Waals surface area contributed by atoms with Crippen molar-refractivity contribution in [1.29, 1.82) is 0 Å². The van der Waals surface area contributed by atoms with Gasteiger partial charge in [-0.2, -0.15) is 0 Å². The topological polar surface area (TPSA) is 53.2 Å². The van der Waals surface area contributed by atoms with E-state index >= 15 is 0 Å². The Morgan fingerprint density at radius 2 is 2.17 bits per heavy atom. The van der Waals surface area contributed by atoms with E-state index in [1.54, 1.807) is 14.0 Å². The van der Waals surface area contributed by atoms with Gasteiger partial charge in [-0.05, 0) is 26.1 Å². The van der Waals surface area contributed by atoms with E-state index in [1.807, 2.05) is 6.92 Å². The second-order valence-electron chi connectivity index (χ2n) is 2.34. The SMILES string of the molecule is CCNC(=O)C(C)NC(=S)NC. The number of hydrogen-bond acceptors (Lipinski definition) is 2. The highest BCUT2D eigenvalue weighted by atomic mass is 32.1. The Morgan fingerprint density at radius 1 is 1.58 bits per heavy atom. The van der Waals surface area contributed by atoms with Gasteiger partial charge in [0, 0.05) is 13.6 Å². The number of amides is 1. The van der Waals surface area contributed by atoms with Crippen LogP contribution in [0.1, 0.15) is 13.8 Å². The third-order valence-corrected chi connectivity index (χ3v) is 1.64. The quantitative estimate of drug-likeness (QED) is 0.529. The number of nitrogens with one attached hydrogen (secondary N) is 3. The molecule has 0 aromatic carbocycles. The number of carbonyl (C=O) groups excluding carboxylic acids is 1. The highest BCUT2D eigenvalue weighted by Crippen LogP contribution is 1.81. The van der Waals surface area contributed by atoms with Crippen molar-refractivity contribution in [3.63, 3.8) is 0 Å². The molecule has 1 unspecified atom stereocenters. The van der Waals surface area contributed by atoms with Crippen molar-refractivity contribution >= 4 is 23.2 Å². The number of thiocarbonyl (C=S) groups is 1. The molecular weight excluding hydrogens is 174 g/mol. The van der Waals surface area contributed by atoms with Crippen LogP contribution in [0.3, 0.4) is 0 Å². The molecule has 0 spiro atoms. The van der Waals surface area contributed by atoms with Gasteiger partial charge in [-0.3, -0.25) is 4.79 Å². The number of carbonyl (C=O) groups is 1. The number of hydrogen-bond donors (Lipinski definition) is 3. The summed E-state index contributed by atoms with van der Waals surface area (Å²) in [5.74, 6) is -0.0462. The van der Waals surface area contributed by atoms with Crippen molar-refractivity contribution in [1.82, 2.24) is 16.0 Å². The number of rotatable bonds is 3. The van der Waals surface area contributed by atoms with Crippen molar-refractivity contribution < 1.29 is 4.79 Å². The fourth-order valence-corrected chi connectivity index (χ4v) is 0.838. The van der Waals surface area contributed by atoms with Gasteiger partial charge in [0.15, 0.2) is 5.11 Å². The van der Waals surface area contributed by atoms with Gasteiger partial charge in [0.1, 0.15) is 6.04 Å². The summed E-state index contributed by atoms with van der Waals surface area (Å²) in [4.78, 5) is 11.1. The van der Waals surface area contributed by atoms with Crippen LogP contribution in [0.2, 0.25) is 0 Å². The largest absolute Gasteiger partial charge is 0.366 e. The van der Waals surface area contributed by atoms with Gasteiger partial charge in [0.2, 0.25) is 5.91 Å². The Labute approximate surface area is 78.1 Å². The van der Waals surface area contributed by atoms with Gasteiger partial charge in [-0.15, -0.1) is 0 Å². The monoisotopic (exact) mass is 189 g/mol. The summed E-state index contributed by atoms with van der Waals surface area (Å²) >= 11 is 4.83. The maximum atomic E-state index is 11.1. The Bertz CT molecular complexity index is 172. The molecule has 0 bridgehead atoms. The van der Waals surface area contributed by atoms with Gasteiger partial charge in [0.05, 0.1) is 0 Å². The lowest BCUT2D eigenvalue weighted by Gasteiger charge is -2.14. The molecule has 0 saturated carbocycles. The lowest BCUT2D eigenvalue weighted by molar-refractivity contribution is -0.122.